The maximum Gasteiger partial charge on any atom is 0.270 e. The van der Waals surface area contributed by atoms with Crippen molar-refractivity contribution in [3.63, 3.8) is 0 Å². The summed E-state index contributed by atoms with van der Waals surface area (Å²) in [5, 5.41) is 1.33. The van der Waals surface area contributed by atoms with Crippen LogP contribution in [0.4, 0.5) is 0 Å². The molecule has 0 unspecified atom stereocenters. The van der Waals surface area contributed by atoms with Gasteiger partial charge in [-0.1, -0.05) is 0 Å². The van der Waals surface area contributed by atoms with E-state index in [1.807, 2.05) is 0 Å². The number of rotatable bonds is 3. The van der Waals surface area contributed by atoms with Crippen LogP contribution >= 0.6 is 0 Å². The quantitative estimate of drug-likeness (QED) is 0.768. The van der Waals surface area contributed by atoms with Gasteiger partial charge in [0, 0.05) is 12.7 Å². The lowest BCUT2D eigenvalue weighted by atomic mass is 10.2. The van der Waals surface area contributed by atoms with Crippen molar-refractivity contribution in [3.05, 3.63) is 18.2 Å². The third kappa shape index (κ3) is 2.56. The summed E-state index contributed by atoms with van der Waals surface area (Å²) >= 11 is 0. The lowest BCUT2D eigenvalue weighted by Crippen LogP contribution is -2.47. The summed E-state index contributed by atoms with van der Waals surface area (Å²) in [7, 11) is -3.35. The van der Waals surface area contributed by atoms with Crippen LogP contribution in [0.25, 0.3) is 0 Å². The number of carbonyl (C=O) groups is 1. The van der Waals surface area contributed by atoms with Gasteiger partial charge in [-0.25, -0.2) is 18.5 Å². The maximum absolute atomic E-state index is 12.6. The number of aromatic nitrogens is 2. The fourth-order valence-corrected chi connectivity index (χ4v) is 3.70. The lowest BCUT2D eigenvalue weighted by molar-refractivity contribution is -0.173. The van der Waals surface area contributed by atoms with Crippen molar-refractivity contribution >= 4 is 15.9 Å². The van der Waals surface area contributed by atoms with E-state index in [-0.39, 0.29) is 24.7 Å². The lowest BCUT2D eigenvalue weighted by Gasteiger charge is -2.34. The molecule has 0 aromatic carbocycles. The van der Waals surface area contributed by atoms with Crippen LogP contribution < -0.4 is 0 Å². The number of fused-ring (bicyclic) bond motifs is 1. The molecule has 1 amide bonds. The minimum atomic E-state index is -3.35. The Balaban J connectivity index is 1.90. The third-order valence-electron chi connectivity index (χ3n) is 3.84. The van der Waals surface area contributed by atoms with Gasteiger partial charge in [0.2, 0.25) is 10.0 Å². The highest BCUT2D eigenvalue weighted by Crippen LogP contribution is 2.26. The van der Waals surface area contributed by atoms with Gasteiger partial charge in [0.05, 0.1) is 37.5 Å². The molecule has 1 aromatic heterocycles. The van der Waals surface area contributed by atoms with Gasteiger partial charge in [0.1, 0.15) is 6.04 Å². The molecule has 116 valence electrons. The zero-order valence-electron chi connectivity index (χ0n) is 11.8. The first-order valence-corrected chi connectivity index (χ1v) is 8.56. The van der Waals surface area contributed by atoms with Crippen LogP contribution in [-0.2, 0) is 26.2 Å². The minimum absolute atomic E-state index is 0.0161. The molecule has 9 heteroatoms. The number of carbonyl (C=O) groups excluding carboxylic acids is 1. The highest BCUT2D eigenvalue weighted by Gasteiger charge is 2.38. The fourth-order valence-electron chi connectivity index (χ4n) is 2.64. The van der Waals surface area contributed by atoms with Crippen molar-refractivity contribution in [2.24, 2.45) is 0 Å². The number of hydrogen-bond donors (Lipinski definition) is 0. The molecular weight excluding hydrogens is 296 g/mol. The van der Waals surface area contributed by atoms with Crippen LogP contribution in [0.5, 0.6) is 0 Å². The highest BCUT2D eigenvalue weighted by atomic mass is 32.2. The predicted octanol–water partition coefficient (Wildman–Crippen LogP) is -0.247. The summed E-state index contributed by atoms with van der Waals surface area (Å²) in [4.78, 5) is 21.9. The topological polar surface area (TPSA) is 84.7 Å². The molecule has 1 saturated heterocycles. The van der Waals surface area contributed by atoms with E-state index in [2.05, 4.69) is 4.98 Å². The Morgan fingerprint density at radius 1 is 1.52 bits per heavy atom. The summed E-state index contributed by atoms with van der Waals surface area (Å²) in [6.07, 6.45) is 3.97. The summed E-state index contributed by atoms with van der Waals surface area (Å²) in [6, 6.07) is -0.615. The van der Waals surface area contributed by atoms with Crippen LogP contribution in [-0.4, -0.2) is 58.7 Å². The van der Waals surface area contributed by atoms with Crippen LogP contribution in [0.15, 0.2) is 12.5 Å². The van der Waals surface area contributed by atoms with Crippen LogP contribution in [0.3, 0.4) is 0 Å². The Morgan fingerprint density at radius 2 is 2.33 bits per heavy atom. The van der Waals surface area contributed by atoms with Gasteiger partial charge in [-0.3, -0.25) is 9.63 Å². The average molecular weight is 314 g/mol. The Labute approximate surface area is 123 Å². The molecule has 0 spiro atoms. The molecule has 8 nitrogen and oxygen atoms in total. The van der Waals surface area contributed by atoms with Crippen LogP contribution in [0.1, 0.15) is 25.1 Å². The fraction of sp³-hybridized carbons (Fsp3) is 0.667. The smallest absolute Gasteiger partial charge is 0.270 e. The molecule has 0 aliphatic carbocycles. The van der Waals surface area contributed by atoms with Crippen molar-refractivity contribution in [1.29, 1.82) is 0 Å². The second-order valence-corrected chi connectivity index (χ2v) is 7.39. The number of imidazole rings is 1. The van der Waals surface area contributed by atoms with Gasteiger partial charge in [-0.05, 0) is 13.3 Å². The van der Waals surface area contributed by atoms with Gasteiger partial charge in [-0.2, -0.15) is 4.31 Å². The van der Waals surface area contributed by atoms with E-state index in [0.717, 1.165) is 12.1 Å². The van der Waals surface area contributed by atoms with Crippen LogP contribution in [0.2, 0.25) is 0 Å². The molecule has 2 aliphatic heterocycles. The van der Waals surface area contributed by atoms with Crippen molar-refractivity contribution in [3.8, 4) is 0 Å². The third-order valence-corrected chi connectivity index (χ3v) is 5.63. The van der Waals surface area contributed by atoms with E-state index in [9.17, 15) is 13.2 Å². The summed E-state index contributed by atoms with van der Waals surface area (Å²) in [6.45, 7) is 3.03. The standard InChI is InChI=1S/C12H18N4O4S/c1-2-21(18,19)14-7-10-6-13-9-15(10)11(8-14)12(17)16-4-3-5-20-16/h6,9,11H,2-5,7-8H2,1H3/t11-/m1/s1. The highest BCUT2D eigenvalue weighted by molar-refractivity contribution is 7.89. The normalized spacial score (nSPS) is 23.3. The van der Waals surface area contributed by atoms with E-state index in [1.54, 1.807) is 24.0 Å². The van der Waals surface area contributed by atoms with E-state index in [1.165, 1.54) is 9.37 Å². The molecule has 0 radical (unpaired) electrons. The molecule has 21 heavy (non-hydrogen) atoms. The Kier molecular flexibility index (Phi) is 3.72. The Hall–Kier alpha value is -1.45. The summed E-state index contributed by atoms with van der Waals surface area (Å²) in [5.41, 5.74) is 0.718. The van der Waals surface area contributed by atoms with Crippen molar-refractivity contribution in [1.82, 2.24) is 18.9 Å². The SMILES string of the molecule is CCS(=O)(=O)N1Cc2cncn2[C@@H](C(=O)N2CCCO2)C1. The maximum atomic E-state index is 12.6. The molecule has 0 bridgehead atoms. The van der Waals surface area contributed by atoms with Gasteiger partial charge in [-0.15, -0.1) is 0 Å². The molecule has 2 aliphatic rings. The van der Waals surface area contributed by atoms with Crippen molar-refractivity contribution in [2.45, 2.75) is 25.9 Å². The second-order valence-electron chi connectivity index (χ2n) is 5.13. The molecular formula is C12H18N4O4S. The van der Waals surface area contributed by atoms with E-state index < -0.39 is 16.1 Å². The monoisotopic (exact) mass is 314 g/mol. The Morgan fingerprint density at radius 3 is 3.00 bits per heavy atom. The first kappa shape index (κ1) is 14.5. The van der Waals surface area contributed by atoms with Gasteiger partial charge in [0.25, 0.3) is 5.91 Å². The van der Waals surface area contributed by atoms with Crippen molar-refractivity contribution in [2.75, 3.05) is 25.4 Å². The number of hydroxylamine groups is 2. The number of amides is 1. The number of sulfonamides is 1. The molecule has 1 aromatic rings. The van der Waals surface area contributed by atoms with Crippen molar-refractivity contribution < 1.29 is 18.0 Å². The van der Waals surface area contributed by atoms with E-state index >= 15 is 0 Å². The first-order chi connectivity index (χ1) is 10.0. The average Bonchev–Trinajstić information content (AvgIpc) is 3.16. The molecule has 0 N–H and O–H groups in total. The van der Waals surface area contributed by atoms with Crippen LogP contribution in [0, 0.1) is 0 Å². The molecule has 1 atom stereocenters. The van der Waals surface area contributed by atoms with Gasteiger partial charge >= 0.3 is 0 Å². The molecule has 3 heterocycles. The van der Waals surface area contributed by atoms with E-state index in [4.69, 9.17) is 4.84 Å². The van der Waals surface area contributed by atoms with E-state index in [0.29, 0.717) is 13.2 Å². The predicted molar refractivity (Wildman–Crippen MR) is 73.4 cm³/mol. The number of nitrogens with zero attached hydrogens (tertiary/aromatic N) is 4. The number of hydrogen-bond acceptors (Lipinski definition) is 5. The van der Waals surface area contributed by atoms with Gasteiger partial charge in [0.15, 0.2) is 0 Å². The largest absolute Gasteiger partial charge is 0.319 e. The summed E-state index contributed by atoms with van der Waals surface area (Å²) < 4.78 is 27.3. The van der Waals surface area contributed by atoms with Gasteiger partial charge < -0.3 is 4.57 Å². The first-order valence-electron chi connectivity index (χ1n) is 6.95. The zero-order chi connectivity index (χ0) is 15.0. The minimum Gasteiger partial charge on any atom is -0.319 e. The second kappa shape index (κ2) is 5.39. The molecule has 3 rings (SSSR count). The Bertz CT molecular complexity index is 635. The summed E-state index contributed by atoms with van der Waals surface area (Å²) in [5.74, 6) is -0.204. The zero-order valence-corrected chi connectivity index (χ0v) is 12.6. The molecule has 1 fully saturated rings. The molecule has 0 saturated carbocycles.